The molecule has 0 unspecified atom stereocenters. The fourth-order valence-corrected chi connectivity index (χ4v) is 2.33. The summed E-state index contributed by atoms with van der Waals surface area (Å²) in [6.45, 7) is 4.14. The molecule has 0 bridgehead atoms. The van der Waals surface area contributed by atoms with E-state index in [1.807, 2.05) is 0 Å². The van der Waals surface area contributed by atoms with E-state index >= 15 is 0 Å². The van der Waals surface area contributed by atoms with Gasteiger partial charge in [-0.2, -0.15) is 0 Å². The van der Waals surface area contributed by atoms with Crippen LogP contribution in [0, 0.1) is 0 Å². The maximum Gasteiger partial charge on any atom is 0.0429 e. The van der Waals surface area contributed by atoms with Gasteiger partial charge >= 0.3 is 0 Å². The van der Waals surface area contributed by atoms with E-state index in [-0.39, 0.29) is 0 Å². The van der Waals surface area contributed by atoms with Crippen LogP contribution in [0.25, 0.3) is 0 Å². The maximum absolute atomic E-state index is 3.51. The van der Waals surface area contributed by atoms with Gasteiger partial charge in [-0.25, -0.2) is 0 Å². The quantitative estimate of drug-likeness (QED) is 0.802. The summed E-state index contributed by atoms with van der Waals surface area (Å²) in [5, 5.41) is 0. The number of hydrogen-bond donors (Lipinski definition) is 0. The van der Waals surface area contributed by atoms with E-state index in [1.54, 1.807) is 0 Å². The molecule has 0 amide bonds. The lowest BCUT2D eigenvalue weighted by atomic mass is 10.2. The molecule has 2 rings (SSSR count). The number of benzene rings is 2. The monoisotopic (exact) mass is 289 g/mol. The molecule has 0 aromatic heterocycles. The van der Waals surface area contributed by atoms with Crippen LogP contribution in [0.2, 0.25) is 0 Å². The van der Waals surface area contributed by atoms with E-state index in [4.69, 9.17) is 0 Å². The van der Waals surface area contributed by atoms with Gasteiger partial charge in [-0.3, -0.25) is 0 Å². The van der Waals surface area contributed by atoms with Crippen LogP contribution < -0.4 is 4.90 Å². The molecule has 17 heavy (non-hydrogen) atoms. The molecule has 0 radical (unpaired) electrons. The minimum atomic E-state index is 0.944. The number of nitrogens with zero attached hydrogens (tertiary/aromatic N) is 1. The number of hydrogen-bond acceptors (Lipinski definition) is 1. The van der Waals surface area contributed by atoms with Gasteiger partial charge in [-0.05, 0) is 36.8 Å². The molecule has 2 aromatic rings. The summed E-state index contributed by atoms with van der Waals surface area (Å²) in [6.07, 6.45) is 0. The number of rotatable bonds is 4. The Hall–Kier alpha value is -1.28. The van der Waals surface area contributed by atoms with Crippen molar-refractivity contribution in [3.8, 4) is 0 Å². The van der Waals surface area contributed by atoms with Crippen LogP contribution >= 0.6 is 15.9 Å². The Morgan fingerprint density at radius 1 is 1.00 bits per heavy atom. The van der Waals surface area contributed by atoms with Crippen LogP contribution in [0.5, 0.6) is 0 Å². The molecule has 0 spiro atoms. The highest BCUT2D eigenvalue weighted by molar-refractivity contribution is 9.10. The fraction of sp³-hybridized carbons (Fsp3) is 0.200. The predicted octanol–water partition coefficient (Wildman–Crippen LogP) is 4.48. The average molecular weight is 290 g/mol. The van der Waals surface area contributed by atoms with Crippen molar-refractivity contribution in [1.82, 2.24) is 0 Å². The smallest absolute Gasteiger partial charge is 0.0429 e. The Morgan fingerprint density at radius 3 is 2.41 bits per heavy atom. The standard InChI is InChI=1S/C15H16BrN/c1-2-17(15-9-4-3-5-10-15)12-13-7-6-8-14(16)11-13/h3-11H,2,12H2,1H3. The van der Waals surface area contributed by atoms with Crippen molar-refractivity contribution in [2.75, 3.05) is 11.4 Å². The van der Waals surface area contributed by atoms with E-state index in [2.05, 4.69) is 82.4 Å². The van der Waals surface area contributed by atoms with Crippen molar-refractivity contribution < 1.29 is 0 Å². The summed E-state index contributed by atoms with van der Waals surface area (Å²) in [4.78, 5) is 2.36. The van der Waals surface area contributed by atoms with E-state index in [9.17, 15) is 0 Å². The number of anilines is 1. The highest BCUT2D eigenvalue weighted by Gasteiger charge is 2.04. The second-order valence-corrected chi connectivity index (χ2v) is 4.90. The van der Waals surface area contributed by atoms with Gasteiger partial charge in [0, 0.05) is 23.2 Å². The summed E-state index contributed by atoms with van der Waals surface area (Å²) in [6, 6.07) is 19.0. The average Bonchev–Trinajstić information content (AvgIpc) is 2.37. The van der Waals surface area contributed by atoms with Crippen LogP contribution in [0.15, 0.2) is 59.1 Å². The second kappa shape index (κ2) is 5.87. The summed E-state index contributed by atoms with van der Waals surface area (Å²) in [7, 11) is 0. The van der Waals surface area contributed by atoms with E-state index in [0.29, 0.717) is 0 Å². The molecule has 2 aromatic carbocycles. The maximum atomic E-state index is 3.51. The van der Waals surface area contributed by atoms with Gasteiger partial charge in [0.2, 0.25) is 0 Å². The fourth-order valence-electron chi connectivity index (χ4n) is 1.88. The predicted molar refractivity (Wildman–Crippen MR) is 77.3 cm³/mol. The second-order valence-electron chi connectivity index (χ2n) is 3.98. The molecule has 0 aliphatic carbocycles. The van der Waals surface area contributed by atoms with E-state index in [0.717, 1.165) is 17.6 Å². The third kappa shape index (κ3) is 3.34. The minimum absolute atomic E-state index is 0.944. The Morgan fingerprint density at radius 2 is 1.76 bits per heavy atom. The van der Waals surface area contributed by atoms with E-state index < -0.39 is 0 Å². The van der Waals surface area contributed by atoms with Gasteiger partial charge in [0.1, 0.15) is 0 Å². The first-order valence-corrected chi connectivity index (χ1v) is 6.63. The summed E-state index contributed by atoms with van der Waals surface area (Å²) in [5.74, 6) is 0. The molecule has 88 valence electrons. The van der Waals surface area contributed by atoms with Crippen molar-refractivity contribution in [2.45, 2.75) is 13.5 Å². The highest BCUT2D eigenvalue weighted by atomic mass is 79.9. The number of para-hydroxylation sites is 1. The summed E-state index contributed by atoms with van der Waals surface area (Å²) >= 11 is 3.51. The minimum Gasteiger partial charge on any atom is -0.367 e. The Kier molecular flexibility index (Phi) is 4.21. The van der Waals surface area contributed by atoms with Crippen LogP contribution in [-0.4, -0.2) is 6.54 Å². The Labute approximate surface area is 111 Å². The van der Waals surface area contributed by atoms with Crippen LogP contribution in [0.4, 0.5) is 5.69 Å². The van der Waals surface area contributed by atoms with Gasteiger partial charge in [-0.15, -0.1) is 0 Å². The van der Waals surface area contributed by atoms with Gasteiger partial charge in [-0.1, -0.05) is 46.3 Å². The van der Waals surface area contributed by atoms with E-state index in [1.165, 1.54) is 11.3 Å². The Bertz CT molecular complexity index is 467. The zero-order valence-electron chi connectivity index (χ0n) is 9.94. The summed E-state index contributed by atoms with van der Waals surface area (Å²) in [5.41, 5.74) is 2.60. The molecule has 1 nitrogen and oxygen atoms in total. The third-order valence-corrected chi connectivity index (χ3v) is 3.26. The van der Waals surface area contributed by atoms with Gasteiger partial charge < -0.3 is 4.90 Å². The first kappa shape index (κ1) is 12.2. The number of halogens is 1. The molecule has 0 fully saturated rings. The zero-order chi connectivity index (χ0) is 12.1. The van der Waals surface area contributed by atoms with Gasteiger partial charge in [0.25, 0.3) is 0 Å². The normalized spacial score (nSPS) is 10.2. The molecule has 0 saturated carbocycles. The molecular weight excluding hydrogens is 274 g/mol. The van der Waals surface area contributed by atoms with Crippen LogP contribution in [-0.2, 0) is 6.54 Å². The lowest BCUT2D eigenvalue weighted by Gasteiger charge is -2.23. The largest absolute Gasteiger partial charge is 0.367 e. The van der Waals surface area contributed by atoms with Crippen molar-refractivity contribution in [3.63, 3.8) is 0 Å². The molecule has 0 saturated heterocycles. The Balaban J connectivity index is 2.16. The van der Waals surface area contributed by atoms with Crippen molar-refractivity contribution in [3.05, 3.63) is 64.6 Å². The van der Waals surface area contributed by atoms with Gasteiger partial charge in [0.15, 0.2) is 0 Å². The molecular formula is C15H16BrN. The van der Waals surface area contributed by atoms with Crippen molar-refractivity contribution in [2.24, 2.45) is 0 Å². The third-order valence-electron chi connectivity index (χ3n) is 2.77. The highest BCUT2D eigenvalue weighted by Crippen LogP contribution is 2.18. The van der Waals surface area contributed by atoms with Crippen LogP contribution in [0.3, 0.4) is 0 Å². The topological polar surface area (TPSA) is 3.24 Å². The molecule has 0 aliphatic heterocycles. The molecule has 0 atom stereocenters. The summed E-state index contributed by atoms with van der Waals surface area (Å²) < 4.78 is 1.14. The van der Waals surface area contributed by atoms with Crippen LogP contribution in [0.1, 0.15) is 12.5 Å². The molecule has 0 aliphatic rings. The first-order chi connectivity index (χ1) is 8.29. The van der Waals surface area contributed by atoms with Crippen molar-refractivity contribution in [1.29, 1.82) is 0 Å². The zero-order valence-corrected chi connectivity index (χ0v) is 11.5. The lowest BCUT2D eigenvalue weighted by Crippen LogP contribution is -2.21. The lowest BCUT2D eigenvalue weighted by molar-refractivity contribution is 0.831. The molecule has 2 heteroatoms. The van der Waals surface area contributed by atoms with Crippen molar-refractivity contribution >= 4 is 21.6 Å². The molecule has 0 N–H and O–H groups in total. The first-order valence-electron chi connectivity index (χ1n) is 5.84. The molecule has 0 heterocycles. The SMILES string of the molecule is CCN(Cc1cccc(Br)c1)c1ccccc1. The van der Waals surface area contributed by atoms with Gasteiger partial charge in [0.05, 0.1) is 0 Å².